The normalized spacial score (nSPS) is 12.6. The molecule has 0 saturated heterocycles. The minimum Gasteiger partial charge on any atom is -0.468 e. The van der Waals surface area contributed by atoms with Crippen molar-refractivity contribution in [3.8, 4) is 0 Å². The summed E-state index contributed by atoms with van der Waals surface area (Å²) in [5, 5.41) is 8.42. The number of carbonyl (C=O) groups is 1. The standard InChI is InChI=1S/C7H15NO3/c1-11-7(10)6(8)4-2-3-5-9/h6,9H,2-5,8H2,1H3/t6-/m0/s1. The van der Waals surface area contributed by atoms with Crippen molar-refractivity contribution < 1.29 is 14.6 Å². The maximum atomic E-state index is 10.7. The Morgan fingerprint density at radius 2 is 2.27 bits per heavy atom. The molecule has 4 heteroatoms. The molecule has 0 aliphatic heterocycles. The van der Waals surface area contributed by atoms with Crippen LogP contribution in [-0.4, -0.2) is 30.8 Å². The van der Waals surface area contributed by atoms with Gasteiger partial charge in [-0.2, -0.15) is 0 Å². The number of hydrogen-bond acceptors (Lipinski definition) is 4. The van der Waals surface area contributed by atoms with Crippen LogP contribution in [-0.2, 0) is 9.53 Å². The largest absolute Gasteiger partial charge is 0.468 e. The SMILES string of the molecule is COC(=O)[C@@H](N)CCCCO. The highest BCUT2D eigenvalue weighted by Gasteiger charge is 2.11. The second kappa shape index (κ2) is 6.12. The van der Waals surface area contributed by atoms with Crippen LogP contribution in [0.3, 0.4) is 0 Å². The molecular formula is C7H15NO3. The molecule has 0 unspecified atom stereocenters. The Morgan fingerprint density at radius 3 is 2.73 bits per heavy atom. The molecule has 0 saturated carbocycles. The van der Waals surface area contributed by atoms with E-state index in [1.54, 1.807) is 0 Å². The molecule has 0 aliphatic rings. The van der Waals surface area contributed by atoms with Crippen LogP contribution in [0.1, 0.15) is 19.3 Å². The Morgan fingerprint density at radius 1 is 1.64 bits per heavy atom. The van der Waals surface area contributed by atoms with E-state index < -0.39 is 6.04 Å². The van der Waals surface area contributed by atoms with Crippen molar-refractivity contribution in [1.29, 1.82) is 0 Å². The van der Waals surface area contributed by atoms with Crippen molar-refractivity contribution in [2.24, 2.45) is 5.73 Å². The molecule has 0 radical (unpaired) electrons. The fourth-order valence-electron chi connectivity index (χ4n) is 0.745. The predicted octanol–water partition coefficient (Wildman–Crippen LogP) is -0.351. The molecule has 0 spiro atoms. The van der Waals surface area contributed by atoms with E-state index in [1.165, 1.54) is 7.11 Å². The van der Waals surface area contributed by atoms with E-state index in [9.17, 15) is 4.79 Å². The quantitative estimate of drug-likeness (QED) is 0.427. The highest BCUT2D eigenvalue weighted by atomic mass is 16.5. The van der Waals surface area contributed by atoms with Crippen LogP contribution in [0.2, 0.25) is 0 Å². The molecule has 0 bridgehead atoms. The van der Waals surface area contributed by atoms with Gasteiger partial charge in [-0.25, -0.2) is 0 Å². The molecule has 0 fully saturated rings. The van der Waals surface area contributed by atoms with E-state index in [0.29, 0.717) is 12.8 Å². The molecule has 11 heavy (non-hydrogen) atoms. The van der Waals surface area contributed by atoms with Gasteiger partial charge in [-0.15, -0.1) is 0 Å². The van der Waals surface area contributed by atoms with E-state index in [2.05, 4.69) is 4.74 Å². The lowest BCUT2D eigenvalue weighted by Crippen LogP contribution is -2.31. The lowest BCUT2D eigenvalue weighted by atomic mass is 10.1. The number of rotatable bonds is 5. The molecular weight excluding hydrogens is 146 g/mol. The van der Waals surface area contributed by atoms with Gasteiger partial charge in [-0.3, -0.25) is 4.79 Å². The van der Waals surface area contributed by atoms with Gasteiger partial charge in [0.2, 0.25) is 0 Å². The summed E-state index contributed by atoms with van der Waals surface area (Å²) in [4.78, 5) is 10.7. The van der Waals surface area contributed by atoms with Gasteiger partial charge in [0.1, 0.15) is 6.04 Å². The molecule has 3 N–H and O–H groups in total. The van der Waals surface area contributed by atoms with Crippen LogP contribution in [0.4, 0.5) is 0 Å². The molecule has 0 aromatic heterocycles. The van der Waals surface area contributed by atoms with Crippen molar-refractivity contribution in [2.75, 3.05) is 13.7 Å². The Balaban J connectivity index is 3.36. The first kappa shape index (κ1) is 10.4. The van der Waals surface area contributed by atoms with Crippen LogP contribution in [0.25, 0.3) is 0 Å². The lowest BCUT2D eigenvalue weighted by Gasteiger charge is -2.07. The number of hydrogen-bond donors (Lipinski definition) is 2. The smallest absolute Gasteiger partial charge is 0.322 e. The van der Waals surface area contributed by atoms with Gasteiger partial charge in [0.15, 0.2) is 0 Å². The number of nitrogens with two attached hydrogens (primary N) is 1. The van der Waals surface area contributed by atoms with Crippen LogP contribution < -0.4 is 5.73 Å². The molecule has 66 valence electrons. The van der Waals surface area contributed by atoms with Gasteiger partial charge in [0.05, 0.1) is 7.11 Å². The Hall–Kier alpha value is -0.610. The van der Waals surface area contributed by atoms with Crippen molar-refractivity contribution in [2.45, 2.75) is 25.3 Å². The van der Waals surface area contributed by atoms with Gasteiger partial charge in [0.25, 0.3) is 0 Å². The Labute approximate surface area is 66.3 Å². The minimum atomic E-state index is -0.536. The first-order chi connectivity index (χ1) is 5.22. The number of aliphatic hydroxyl groups excluding tert-OH is 1. The summed E-state index contributed by atoms with van der Waals surface area (Å²) in [6.45, 7) is 0.147. The van der Waals surface area contributed by atoms with Crippen molar-refractivity contribution >= 4 is 5.97 Å². The lowest BCUT2D eigenvalue weighted by molar-refractivity contribution is -0.142. The van der Waals surface area contributed by atoms with Crippen LogP contribution in [0.5, 0.6) is 0 Å². The molecule has 4 nitrogen and oxygen atoms in total. The number of unbranched alkanes of at least 4 members (excludes halogenated alkanes) is 1. The number of esters is 1. The van der Waals surface area contributed by atoms with E-state index in [-0.39, 0.29) is 12.6 Å². The monoisotopic (exact) mass is 161 g/mol. The number of aliphatic hydroxyl groups is 1. The third-order valence-electron chi connectivity index (χ3n) is 1.43. The van der Waals surface area contributed by atoms with E-state index in [4.69, 9.17) is 10.8 Å². The maximum absolute atomic E-state index is 10.7. The molecule has 0 amide bonds. The molecule has 0 aromatic carbocycles. The summed E-state index contributed by atoms with van der Waals surface area (Å²) in [6.07, 6.45) is 2.02. The highest BCUT2D eigenvalue weighted by molar-refractivity contribution is 5.75. The second-order valence-corrected chi connectivity index (χ2v) is 2.35. The summed E-state index contributed by atoms with van der Waals surface area (Å²) < 4.78 is 4.42. The zero-order valence-corrected chi connectivity index (χ0v) is 6.75. The Kier molecular flexibility index (Phi) is 5.78. The summed E-state index contributed by atoms with van der Waals surface area (Å²) in [6, 6.07) is -0.536. The number of methoxy groups -OCH3 is 1. The first-order valence-corrected chi connectivity index (χ1v) is 3.66. The first-order valence-electron chi connectivity index (χ1n) is 3.66. The third kappa shape index (κ3) is 4.75. The zero-order chi connectivity index (χ0) is 8.69. The fraction of sp³-hybridized carbons (Fsp3) is 0.857. The van der Waals surface area contributed by atoms with Gasteiger partial charge < -0.3 is 15.6 Å². The Bertz CT molecular complexity index is 116. The summed E-state index contributed by atoms with van der Waals surface area (Å²) >= 11 is 0. The van der Waals surface area contributed by atoms with E-state index in [0.717, 1.165) is 6.42 Å². The van der Waals surface area contributed by atoms with Crippen molar-refractivity contribution in [1.82, 2.24) is 0 Å². The second-order valence-electron chi connectivity index (χ2n) is 2.35. The minimum absolute atomic E-state index is 0.147. The number of carbonyl (C=O) groups excluding carboxylic acids is 1. The van der Waals surface area contributed by atoms with Crippen molar-refractivity contribution in [3.05, 3.63) is 0 Å². The molecule has 0 heterocycles. The summed E-state index contributed by atoms with van der Waals surface area (Å²) in [7, 11) is 1.31. The van der Waals surface area contributed by atoms with Crippen molar-refractivity contribution in [3.63, 3.8) is 0 Å². The molecule has 0 aliphatic carbocycles. The molecule has 1 atom stereocenters. The predicted molar refractivity (Wildman–Crippen MR) is 40.9 cm³/mol. The summed E-state index contributed by atoms with van der Waals surface area (Å²) in [5.74, 6) is -0.386. The third-order valence-corrected chi connectivity index (χ3v) is 1.43. The van der Waals surface area contributed by atoms with Gasteiger partial charge in [0, 0.05) is 6.61 Å². The van der Waals surface area contributed by atoms with E-state index >= 15 is 0 Å². The van der Waals surface area contributed by atoms with Gasteiger partial charge in [-0.05, 0) is 19.3 Å². The van der Waals surface area contributed by atoms with Gasteiger partial charge in [-0.1, -0.05) is 0 Å². The maximum Gasteiger partial charge on any atom is 0.322 e. The molecule has 0 rings (SSSR count). The number of ether oxygens (including phenoxy) is 1. The summed E-state index contributed by atoms with van der Waals surface area (Å²) in [5.41, 5.74) is 5.41. The average Bonchev–Trinajstić information content (AvgIpc) is 2.03. The van der Waals surface area contributed by atoms with Crippen LogP contribution in [0.15, 0.2) is 0 Å². The highest BCUT2D eigenvalue weighted by Crippen LogP contribution is 1.99. The van der Waals surface area contributed by atoms with Crippen LogP contribution in [0, 0.1) is 0 Å². The van der Waals surface area contributed by atoms with Gasteiger partial charge >= 0.3 is 5.97 Å². The average molecular weight is 161 g/mol. The fourth-order valence-corrected chi connectivity index (χ4v) is 0.745. The van der Waals surface area contributed by atoms with E-state index in [1.807, 2.05) is 0 Å². The molecule has 0 aromatic rings. The zero-order valence-electron chi connectivity index (χ0n) is 6.75. The van der Waals surface area contributed by atoms with Crippen LogP contribution >= 0.6 is 0 Å². The topological polar surface area (TPSA) is 72.5 Å².